The van der Waals surface area contributed by atoms with E-state index in [-0.39, 0.29) is 11.1 Å². The fraction of sp³-hybridized carbons (Fsp3) is 0.292. The Kier molecular flexibility index (Phi) is 6.77. The van der Waals surface area contributed by atoms with E-state index in [1.54, 1.807) is 24.6 Å². The van der Waals surface area contributed by atoms with E-state index in [2.05, 4.69) is 30.5 Å². The van der Waals surface area contributed by atoms with Crippen molar-refractivity contribution >= 4 is 40.8 Å². The number of rotatable bonds is 7. The molecular formula is C24H25N7O3S. The monoisotopic (exact) mass is 491 g/mol. The Morgan fingerprint density at radius 1 is 1.20 bits per heavy atom. The lowest BCUT2D eigenvalue weighted by Gasteiger charge is -2.32. The molecule has 3 aromatic rings. The summed E-state index contributed by atoms with van der Waals surface area (Å²) in [5, 5.41) is 5.45. The molecule has 0 unspecified atom stereocenters. The number of amides is 2. The predicted molar refractivity (Wildman–Crippen MR) is 134 cm³/mol. The molecular weight excluding hydrogens is 466 g/mol. The Morgan fingerprint density at radius 3 is 2.80 bits per heavy atom. The van der Waals surface area contributed by atoms with Gasteiger partial charge in [0.15, 0.2) is 5.76 Å². The van der Waals surface area contributed by atoms with Crippen LogP contribution in [0.3, 0.4) is 0 Å². The first-order valence-electron chi connectivity index (χ1n) is 11.4. The average molecular weight is 492 g/mol. The highest BCUT2D eigenvalue weighted by atomic mass is 32.2. The normalized spacial score (nSPS) is 17.8. The van der Waals surface area contributed by atoms with Crippen molar-refractivity contribution in [2.45, 2.75) is 19.4 Å². The van der Waals surface area contributed by atoms with Crippen LogP contribution in [0.4, 0.5) is 16.6 Å². The zero-order chi connectivity index (χ0) is 24.2. The van der Waals surface area contributed by atoms with Crippen molar-refractivity contribution in [1.82, 2.24) is 25.6 Å². The highest BCUT2D eigenvalue weighted by Gasteiger charge is 2.26. The molecule has 35 heavy (non-hydrogen) atoms. The Morgan fingerprint density at radius 2 is 2.06 bits per heavy atom. The van der Waals surface area contributed by atoms with Gasteiger partial charge in [-0.3, -0.25) is 14.9 Å². The SMILES string of the molecule is Nc1ccc(CNCC2CCN(c3nccc(C=C4SC(=O)NC4=O)n3)CC2)c(-c2ccco2)n1. The Bertz CT molecular complexity index is 1250. The number of imide groups is 1. The number of anilines is 2. The minimum Gasteiger partial charge on any atom is -0.463 e. The number of thioether (sulfide) groups is 1. The summed E-state index contributed by atoms with van der Waals surface area (Å²) in [6.07, 6.45) is 6.96. The third-order valence-corrected chi connectivity index (χ3v) is 6.80. The molecule has 0 radical (unpaired) electrons. The van der Waals surface area contributed by atoms with Gasteiger partial charge in [-0.1, -0.05) is 6.07 Å². The number of hydrogen-bond donors (Lipinski definition) is 3. The Balaban J connectivity index is 1.14. The van der Waals surface area contributed by atoms with Crippen LogP contribution >= 0.6 is 11.8 Å². The Hall–Kier alpha value is -3.70. The fourth-order valence-electron chi connectivity index (χ4n) is 4.17. The van der Waals surface area contributed by atoms with Crippen LogP contribution in [0.5, 0.6) is 0 Å². The smallest absolute Gasteiger partial charge is 0.290 e. The maximum Gasteiger partial charge on any atom is 0.290 e. The molecule has 11 heteroatoms. The van der Waals surface area contributed by atoms with Crippen LogP contribution in [0.15, 0.2) is 52.1 Å². The van der Waals surface area contributed by atoms with Crippen molar-refractivity contribution in [2.75, 3.05) is 30.3 Å². The van der Waals surface area contributed by atoms with Crippen molar-refractivity contribution < 1.29 is 14.0 Å². The fourth-order valence-corrected chi connectivity index (χ4v) is 4.84. The van der Waals surface area contributed by atoms with Crippen molar-refractivity contribution in [3.05, 3.63) is 59.0 Å². The Labute approximate surface area is 206 Å². The zero-order valence-electron chi connectivity index (χ0n) is 18.9. The first-order valence-corrected chi connectivity index (χ1v) is 12.2. The number of furan rings is 1. The number of nitrogens with zero attached hydrogens (tertiary/aromatic N) is 4. The second kappa shape index (κ2) is 10.3. The van der Waals surface area contributed by atoms with Gasteiger partial charge in [0.25, 0.3) is 11.1 Å². The molecule has 180 valence electrons. The van der Waals surface area contributed by atoms with Gasteiger partial charge in [0.1, 0.15) is 11.5 Å². The first kappa shape index (κ1) is 23.1. The van der Waals surface area contributed by atoms with Gasteiger partial charge in [-0.25, -0.2) is 15.0 Å². The molecule has 0 aliphatic carbocycles. The lowest BCUT2D eigenvalue weighted by Crippen LogP contribution is -2.38. The molecule has 2 aliphatic rings. The number of nitrogens with one attached hydrogen (secondary N) is 2. The number of nitrogens with two attached hydrogens (primary N) is 1. The van der Waals surface area contributed by atoms with E-state index in [1.165, 1.54) is 0 Å². The molecule has 0 bridgehead atoms. The van der Waals surface area contributed by atoms with Crippen LogP contribution in [0, 0.1) is 5.92 Å². The molecule has 2 amide bonds. The van der Waals surface area contributed by atoms with E-state index in [4.69, 9.17) is 10.2 Å². The number of piperidine rings is 1. The maximum absolute atomic E-state index is 11.8. The molecule has 0 aromatic carbocycles. The second-order valence-electron chi connectivity index (χ2n) is 8.42. The highest BCUT2D eigenvalue weighted by molar-refractivity contribution is 8.18. The van der Waals surface area contributed by atoms with Crippen LogP contribution in [0.2, 0.25) is 0 Å². The lowest BCUT2D eigenvalue weighted by molar-refractivity contribution is -0.115. The van der Waals surface area contributed by atoms with Crippen LogP contribution in [-0.2, 0) is 11.3 Å². The number of pyridine rings is 1. The van der Waals surface area contributed by atoms with Crippen molar-refractivity contribution in [3.8, 4) is 11.5 Å². The van der Waals surface area contributed by atoms with Crippen LogP contribution in [0.25, 0.3) is 17.5 Å². The lowest BCUT2D eigenvalue weighted by atomic mass is 9.97. The summed E-state index contributed by atoms with van der Waals surface area (Å²) in [6.45, 7) is 3.27. The minimum atomic E-state index is -0.389. The molecule has 3 aromatic heterocycles. The van der Waals surface area contributed by atoms with Crippen LogP contribution in [0.1, 0.15) is 24.1 Å². The van der Waals surface area contributed by atoms with Crippen LogP contribution < -0.4 is 21.3 Å². The van der Waals surface area contributed by atoms with Gasteiger partial charge in [-0.05, 0) is 73.0 Å². The molecule has 10 nitrogen and oxygen atoms in total. The summed E-state index contributed by atoms with van der Waals surface area (Å²) in [6, 6.07) is 9.25. The predicted octanol–water partition coefficient (Wildman–Crippen LogP) is 3.04. The van der Waals surface area contributed by atoms with E-state index in [0.717, 1.165) is 55.5 Å². The van der Waals surface area contributed by atoms with E-state index in [1.807, 2.05) is 24.3 Å². The summed E-state index contributed by atoms with van der Waals surface area (Å²) in [5.74, 6) is 1.96. The molecule has 2 saturated heterocycles. The number of carbonyl (C=O) groups excluding carboxylic acids is 2. The minimum absolute atomic E-state index is 0.343. The van der Waals surface area contributed by atoms with Crippen molar-refractivity contribution in [1.29, 1.82) is 0 Å². The number of carbonyl (C=O) groups is 2. The largest absolute Gasteiger partial charge is 0.463 e. The highest BCUT2D eigenvalue weighted by Crippen LogP contribution is 2.26. The van der Waals surface area contributed by atoms with Gasteiger partial charge >= 0.3 is 0 Å². The summed E-state index contributed by atoms with van der Waals surface area (Å²) in [5.41, 5.74) is 8.29. The van der Waals surface area contributed by atoms with Gasteiger partial charge in [0.2, 0.25) is 5.95 Å². The third kappa shape index (κ3) is 5.52. The van der Waals surface area contributed by atoms with Gasteiger partial charge < -0.3 is 20.4 Å². The molecule has 2 fully saturated rings. The van der Waals surface area contributed by atoms with E-state index < -0.39 is 0 Å². The number of hydrogen-bond acceptors (Lipinski definition) is 10. The van der Waals surface area contributed by atoms with Gasteiger partial charge in [0.05, 0.1) is 16.9 Å². The number of nitrogen functional groups attached to an aromatic ring is 1. The third-order valence-electron chi connectivity index (χ3n) is 5.99. The van der Waals surface area contributed by atoms with Gasteiger partial charge in [0, 0.05) is 25.8 Å². The standard InChI is InChI=1S/C24H25N7O3S/c25-20-4-3-16(21(29-20)18-2-1-11-34-18)14-26-13-15-6-9-31(10-7-15)23-27-8-5-17(28-23)12-19-22(32)30-24(33)35-19/h1-5,8,11-12,15,26H,6-7,9-10,13-14H2,(H2,25,29)(H,30,32,33). The van der Waals surface area contributed by atoms with Crippen molar-refractivity contribution in [3.63, 3.8) is 0 Å². The molecule has 5 heterocycles. The first-order chi connectivity index (χ1) is 17.0. The van der Waals surface area contributed by atoms with E-state index >= 15 is 0 Å². The van der Waals surface area contributed by atoms with Gasteiger partial charge in [-0.2, -0.15) is 0 Å². The van der Waals surface area contributed by atoms with Gasteiger partial charge in [-0.15, -0.1) is 0 Å². The molecule has 0 atom stereocenters. The molecule has 5 rings (SSSR count). The molecule has 0 spiro atoms. The summed E-state index contributed by atoms with van der Waals surface area (Å²) >= 11 is 0.882. The molecule has 0 saturated carbocycles. The van der Waals surface area contributed by atoms with E-state index in [0.29, 0.717) is 40.6 Å². The summed E-state index contributed by atoms with van der Waals surface area (Å²) in [4.78, 5) is 39.1. The zero-order valence-corrected chi connectivity index (χ0v) is 19.8. The molecule has 2 aliphatic heterocycles. The quantitative estimate of drug-likeness (QED) is 0.423. The maximum atomic E-state index is 11.8. The molecule has 4 N–H and O–H groups in total. The van der Waals surface area contributed by atoms with Crippen LogP contribution in [-0.4, -0.2) is 45.7 Å². The summed E-state index contributed by atoms with van der Waals surface area (Å²) < 4.78 is 5.52. The van der Waals surface area contributed by atoms with Crippen molar-refractivity contribution in [2.24, 2.45) is 5.92 Å². The average Bonchev–Trinajstić information content (AvgIpc) is 3.50. The topological polar surface area (TPSA) is 139 Å². The van der Waals surface area contributed by atoms with E-state index in [9.17, 15) is 9.59 Å². The summed E-state index contributed by atoms with van der Waals surface area (Å²) in [7, 11) is 0. The number of aromatic nitrogens is 3. The second-order valence-corrected chi connectivity index (χ2v) is 9.43.